The molecule has 3 nitrogen and oxygen atoms in total. The Hall–Kier alpha value is -1.52. The van der Waals surface area contributed by atoms with E-state index in [1.165, 1.54) is 12.1 Å². The van der Waals surface area contributed by atoms with E-state index < -0.39 is 0 Å². The Balaban J connectivity index is 2.20. The topological polar surface area (TPSA) is 45.1 Å². The Bertz CT molecular complexity index is 545. The third-order valence-electron chi connectivity index (χ3n) is 3.30. The van der Waals surface area contributed by atoms with Gasteiger partial charge in [0.1, 0.15) is 5.82 Å². The molecule has 4 heteroatoms. The van der Waals surface area contributed by atoms with Gasteiger partial charge in [0, 0.05) is 30.8 Å². The van der Waals surface area contributed by atoms with Gasteiger partial charge in [0.2, 0.25) is 0 Å². The van der Waals surface area contributed by atoms with Gasteiger partial charge in [-0.25, -0.2) is 4.39 Å². The van der Waals surface area contributed by atoms with Crippen molar-refractivity contribution in [2.24, 2.45) is 0 Å². The molecule has 1 unspecified atom stereocenters. The summed E-state index contributed by atoms with van der Waals surface area (Å²) >= 11 is 0. The largest absolute Gasteiger partial charge is 0.396 e. The van der Waals surface area contributed by atoms with Gasteiger partial charge >= 0.3 is 0 Å². The van der Waals surface area contributed by atoms with Crippen molar-refractivity contribution < 1.29 is 9.50 Å². The van der Waals surface area contributed by atoms with Crippen LogP contribution in [0.1, 0.15) is 25.3 Å². The van der Waals surface area contributed by atoms with Crippen LogP contribution in [-0.2, 0) is 6.54 Å². The fraction of sp³-hybridized carbons (Fsp3) is 0.400. The van der Waals surface area contributed by atoms with E-state index >= 15 is 0 Å². The van der Waals surface area contributed by atoms with Crippen molar-refractivity contribution in [1.29, 1.82) is 0 Å². The van der Waals surface area contributed by atoms with Crippen molar-refractivity contribution in [2.45, 2.75) is 32.4 Å². The van der Waals surface area contributed by atoms with Crippen molar-refractivity contribution in [3.63, 3.8) is 0 Å². The van der Waals surface area contributed by atoms with Crippen LogP contribution in [0.2, 0.25) is 0 Å². The van der Waals surface area contributed by atoms with Crippen LogP contribution in [0.5, 0.6) is 0 Å². The lowest BCUT2D eigenvalue weighted by Gasteiger charge is -2.16. The number of hydrogen-bond donors (Lipinski definition) is 2. The molecule has 0 aliphatic heterocycles. The first kappa shape index (κ1) is 13.9. The molecule has 0 saturated carbocycles. The molecule has 2 N–H and O–H groups in total. The number of aliphatic hydroxyl groups excluding tert-OH is 1. The minimum Gasteiger partial charge on any atom is -0.396 e. The molecule has 0 radical (unpaired) electrons. The van der Waals surface area contributed by atoms with E-state index in [0.717, 1.165) is 22.9 Å². The van der Waals surface area contributed by atoms with Crippen LogP contribution in [0.4, 0.5) is 4.39 Å². The summed E-state index contributed by atoms with van der Waals surface area (Å²) in [7, 11) is 0. The van der Waals surface area contributed by atoms with Crippen LogP contribution in [0.15, 0.2) is 30.5 Å². The van der Waals surface area contributed by atoms with E-state index in [1.54, 1.807) is 12.3 Å². The van der Waals surface area contributed by atoms with Crippen molar-refractivity contribution >= 4 is 10.9 Å². The molecule has 0 saturated heterocycles. The highest BCUT2D eigenvalue weighted by molar-refractivity contribution is 5.81. The molecule has 0 aliphatic rings. The summed E-state index contributed by atoms with van der Waals surface area (Å²) in [6.45, 7) is 2.78. The monoisotopic (exact) mass is 262 g/mol. The lowest BCUT2D eigenvalue weighted by molar-refractivity contribution is 0.262. The van der Waals surface area contributed by atoms with E-state index in [4.69, 9.17) is 5.11 Å². The maximum absolute atomic E-state index is 13.6. The molecule has 2 aromatic rings. The Kier molecular flexibility index (Phi) is 4.82. The van der Waals surface area contributed by atoms with E-state index in [1.807, 2.05) is 6.07 Å². The van der Waals surface area contributed by atoms with Gasteiger partial charge < -0.3 is 10.4 Å². The first-order valence-corrected chi connectivity index (χ1v) is 6.62. The van der Waals surface area contributed by atoms with Crippen LogP contribution in [0, 0.1) is 5.82 Å². The Morgan fingerprint density at radius 3 is 3.00 bits per heavy atom. The smallest absolute Gasteiger partial charge is 0.124 e. The summed E-state index contributed by atoms with van der Waals surface area (Å²) in [6, 6.07) is 6.93. The molecule has 102 valence electrons. The van der Waals surface area contributed by atoms with Crippen LogP contribution in [0.3, 0.4) is 0 Å². The third-order valence-corrected chi connectivity index (χ3v) is 3.30. The van der Waals surface area contributed by atoms with Crippen molar-refractivity contribution in [2.75, 3.05) is 6.61 Å². The fourth-order valence-corrected chi connectivity index (χ4v) is 2.22. The van der Waals surface area contributed by atoms with Crippen LogP contribution in [-0.4, -0.2) is 22.7 Å². The SMILES string of the molecule is CCC(CCO)NCc1cc(F)cc2cccnc12. The number of nitrogens with zero attached hydrogens (tertiary/aromatic N) is 1. The number of pyridine rings is 1. The van der Waals surface area contributed by atoms with Gasteiger partial charge in [0.05, 0.1) is 5.52 Å². The van der Waals surface area contributed by atoms with Gasteiger partial charge in [-0.05, 0) is 36.6 Å². The number of rotatable bonds is 6. The minimum atomic E-state index is -0.243. The van der Waals surface area contributed by atoms with E-state index in [-0.39, 0.29) is 18.5 Å². The number of aromatic nitrogens is 1. The van der Waals surface area contributed by atoms with Crippen LogP contribution in [0.25, 0.3) is 10.9 Å². The second-order valence-electron chi connectivity index (χ2n) is 4.64. The Labute approximate surface area is 112 Å². The van der Waals surface area contributed by atoms with Crippen molar-refractivity contribution in [1.82, 2.24) is 10.3 Å². The Morgan fingerprint density at radius 1 is 1.42 bits per heavy atom. The molecule has 0 bridgehead atoms. The second-order valence-corrected chi connectivity index (χ2v) is 4.64. The molecule has 19 heavy (non-hydrogen) atoms. The number of hydrogen-bond acceptors (Lipinski definition) is 3. The van der Waals surface area contributed by atoms with Crippen molar-refractivity contribution in [3.05, 3.63) is 41.8 Å². The van der Waals surface area contributed by atoms with Gasteiger partial charge in [0.15, 0.2) is 0 Å². The highest BCUT2D eigenvalue weighted by Gasteiger charge is 2.08. The van der Waals surface area contributed by atoms with E-state index in [2.05, 4.69) is 17.2 Å². The molecule has 0 amide bonds. The number of benzene rings is 1. The standard InChI is InChI=1S/C15H19FN2O/c1-2-14(5-7-19)18-10-12-9-13(16)8-11-4-3-6-17-15(11)12/h3-4,6,8-9,14,18-19H,2,5,7,10H2,1H3. The third kappa shape index (κ3) is 3.49. The van der Waals surface area contributed by atoms with Gasteiger partial charge in [-0.15, -0.1) is 0 Å². The lowest BCUT2D eigenvalue weighted by Crippen LogP contribution is -2.29. The fourth-order valence-electron chi connectivity index (χ4n) is 2.22. The van der Waals surface area contributed by atoms with Gasteiger partial charge in [-0.1, -0.05) is 13.0 Å². The number of nitrogens with one attached hydrogen (secondary N) is 1. The Morgan fingerprint density at radius 2 is 2.26 bits per heavy atom. The summed E-state index contributed by atoms with van der Waals surface area (Å²) in [6.07, 6.45) is 3.35. The second kappa shape index (κ2) is 6.59. The molecule has 0 aliphatic carbocycles. The quantitative estimate of drug-likeness (QED) is 0.841. The first-order valence-electron chi connectivity index (χ1n) is 6.62. The molecule has 2 rings (SSSR count). The molecule has 1 aromatic heterocycles. The average molecular weight is 262 g/mol. The summed E-state index contributed by atoms with van der Waals surface area (Å²) < 4.78 is 13.6. The van der Waals surface area contributed by atoms with Gasteiger partial charge in [-0.2, -0.15) is 0 Å². The zero-order valence-corrected chi connectivity index (χ0v) is 11.1. The number of fused-ring (bicyclic) bond motifs is 1. The number of aliphatic hydroxyl groups is 1. The van der Waals surface area contributed by atoms with E-state index in [9.17, 15) is 4.39 Å². The summed E-state index contributed by atoms with van der Waals surface area (Å²) in [5, 5.41) is 13.1. The molecule has 0 spiro atoms. The predicted molar refractivity (Wildman–Crippen MR) is 74.3 cm³/mol. The summed E-state index contributed by atoms with van der Waals surface area (Å²) in [4.78, 5) is 4.32. The summed E-state index contributed by atoms with van der Waals surface area (Å²) in [5.41, 5.74) is 1.68. The average Bonchev–Trinajstić information content (AvgIpc) is 2.43. The van der Waals surface area contributed by atoms with Crippen molar-refractivity contribution in [3.8, 4) is 0 Å². The molecular formula is C15H19FN2O. The molecular weight excluding hydrogens is 243 g/mol. The maximum atomic E-state index is 13.6. The summed E-state index contributed by atoms with van der Waals surface area (Å²) in [5.74, 6) is -0.243. The van der Waals surface area contributed by atoms with E-state index in [0.29, 0.717) is 13.0 Å². The minimum absolute atomic E-state index is 0.160. The highest BCUT2D eigenvalue weighted by Crippen LogP contribution is 2.18. The zero-order chi connectivity index (χ0) is 13.7. The maximum Gasteiger partial charge on any atom is 0.124 e. The lowest BCUT2D eigenvalue weighted by atomic mass is 10.1. The van der Waals surface area contributed by atoms with Gasteiger partial charge in [0.25, 0.3) is 0 Å². The first-order chi connectivity index (χ1) is 9.24. The normalized spacial score (nSPS) is 12.8. The molecule has 1 atom stereocenters. The van der Waals surface area contributed by atoms with Gasteiger partial charge in [-0.3, -0.25) is 4.98 Å². The zero-order valence-electron chi connectivity index (χ0n) is 11.1. The van der Waals surface area contributed by atoms with Crippen LogP contribution >= 0.6 is 0 Å². The predicted octanol–water partition coefficient (Wildman–Crippen LogP) is 2.62. The molecule has 1 aromatic carbocycles. The number of halogens is 1. The molecule has 0 fully saturated rings. The highest BCUT2D eigenvalue weighted by atomic mass is 19.1. The molecule has 1 heterocycles. The van der Waals surface area contributed by atoms with Crippen LogP contribution < -0.4 is 5.32 Å².